The predicted octanol–water partition coefficient (Wildman–Crippen LogP) is 2.11. The molecule has 10 heavy (non-hydrogen) atoms. The molecule has 1 unspecified atom stereocenters. The number of ether oxygens (including phenoxy) is 1. The van der Waals surface area contributed by atoms with Gasteiger partial charge in [-0.25, -0.2) is 0 Å². The van der Waals surface area contributed by atoms with Crippen molar-refractivity contribution < 1.29 is 4.74 Å². The Morgan fingerprint density at radius 1 is 1.70 bits per heavy atom. The summed E-state index contributed by atoms with van der Waals surface area (Å²) in [6, 6.07) is 1.97. The Morgan fingerprint density at radius 2 is 2.30 bits per heavy atom. The van der Waals surface area contributed by atoms with Gasteiger partial charge in [0.05, 0.1) is 11.9 Å². The van der Waals surface area contributed by atoms with Crippen LogP contribution in [0.3, 0.4) is 0 Å². The van der Waals surface area contributed by atoms with Crippen LogP contribution in [0.4, 0.5) is 0 Å². The van der Waals surface area contributed by atoms with E-state index in [9.17, 15) is 0 Å². The topological polar surface area (TPSA) is 33.0 Å². The lowest BCUT2D eigenvalue weighted by Gasteiger charge is -2.20. The smallest absolute Gasteiger partial charge is 0.155 e. The Kier molecular flexibility index (Phi) is 4.80. The summed E-state index contributed by atoms with van der Waals surface area (Å²) in [4.78, 5) is 0. The van der Waals surface area contributed by atoms with Gasteiger partial charge in [-0.1, -0.05) is 11.6 Å². The largest absolute Gasteiger partial charge is 0.362 e. The van der Waals surface area contributed by atoms with Crippen molar-refractivity contribution in [3.05, 3.63) is 0 Å². The summed E-state index contributed by atoms with van der Waals surface area (Å²) >= 11 is 11.3. The number of rotatable bonds is 4. The Bertz CT molecular complexity index is 128. The number of nitrogens with zero attached hydrogens (tertiary/aromatic N) is 1. The molecule has 0 spiro atoms. The molecule has 0 aliphatic carbocycles. The minimum absolute atomic E-state index is 0.201. The minimum atomic E-state index is -0.850. The summed E-state index contributed by atoms with van der Waals surface area (Å²) in [5, 5.41) is 7.36. The second kappa shape index (κ2) is 4.79. The zero-order chi connectivity index (χ0) is 8.04. The van der Waals surface area contributed by atoms with Gasteiger partial charge < -0.3 is 4.74 Å². The molecule has 0 aromatic rings. The van der Waals surface area contributed by atoms with Crippen LogP contribution in [0.2, 0.25) is 0 Å². The molecule has 0 aliphatic rings. The van der Waals surface area contributed by atoms with E-state index < -0.39 is 5.06 Å². The molecule has 0 amide bonds. The van der Waals surface area contributed by atoms with Crippen molar-refractivity contribution in [2.45, 2.75) is 17.9 Å². The molecule has 0 rings (SSSR count). The summed E-state index contributed by atoms with van der Waals surface area (Å²) < 4.78 is 4.87. The van der Waals surface area contributed by atoms with Gasteiger partial charge in [0.15, 0.2) is 5.06 Å². The highest BCUT2D eigenvalue weighted by Gasteiger charge is 2.24. The van der Waals surface area contributed by atoms with E-state index in [2.05, 4.69) is 0 Å². The van der Waals surface area contributed by atoms with Crippen molar-refractivity contribution in [1.29, 1.82) is 5.26 Å². The molecule has 58 valence electrons. The molecule has 0 radical (unpaired) electrons. The zero-order valence-electron chi connectivity index (χ0n) is 5.73. The van der Waals surface area contributed by atoms with Crippen molar-refractivity contribution in [2.24, 2.45) is 0 Å². The maximum absolute atomic E-state index is 8.21. The first-order chi connectivity index (χ1) is 4.68. The standard InChI is InChI=1S/C6H9Cl2NO/c1-10-6(8,5-7)3-2-4-9/h2-3,5H2,1H3. The lowest BCUT2D eigenvalue weighted by Crippen LogP contribution is -2.25. The highest BCUT2D eigenvalue weighted by atomic mass is 35.5. The number of nitriles is 1. The van der Waals surface area contributed by atoms with Gasteiger partial charge in [-0.3, -0.25) is 0 Å². The second-order valence-electron chi connectivity index (χ2n) is 1.88. The normalized spacial score (nSPS) is 15.8. The van der Waals surface area contributed by atoms with Crippen molar-refractivity contribution in [3.63, 3.8) is 0 Å². The monoisotopic (exact) mass is 181 g/mol. The third-order valence-electron chi connectivity index (χ3n) is 1.18. The molecule has 0 bridgehead atoms. The van der Waals surface area contributed by atoms with Gasteiger partial charge in [-0.2, -0.15) is 5.26 Å². The summed E-state index contributed by atoms with van der Waals surface area (Å²) in [6.07, 6.45) is 0.828. The maximum Gasteiger partial charge on any atom is 0.155 e. The molecular weight excluding hydrogens is 173 g/mol. The molecular formula is C6H9Cl2NO. The Labute approximate surface area is 70.7 Å². The molecule has 0 aromatic carbocycles. The minimum Gasteiger partial charge on any atom is -0.362 e. The molecule has 0 aliphatic heterocycles. The van der Waals surface area contributed by atoms with Crippen LogP contribution in [0.5, 0.6) is 0 Å². The van der Waals surface area contributed by atoms with Crippen LogP contribution >= 0.6 is 23.2 Å². The van der Waals surface area contributed by atoms with Crippen molar-refractivity contribution in [2.75, 3.05) is 13.0 Å². The third-order valence-corrected chi connectivity index (χ3v) is 2.22. The van der Waals surface area contributed by atoms with Crippen LogP contribution < -0.4 is 0 Å². The summed E-state index contributed by atoms with van der Waals surface area (Å²) in [6.45, 7) is 0. The van der Waals surface area contributed by atoms with Crippen LogP contribution in [0.25, 0.3) is 0 Å². The van der Waals surface area contributed by atoms with E-state index in [-0.39, 0.29) is 5.88 Å². The van der Waals surface area contributed by atoms with E-state index in [4.69, 9.17) is 33.2 Å². The fourth-order valence-corrected chi connectivity index (χ4v) is 0.803. The van der Waals surface area contributed by atoms with Crippen LogP contribution in [-0.4, -0.2) is 18.1 Å². The Morgan fingerprint density at radius 3 is 2.60 bits per heavy atom. The Hall–Kier alpha value is 0.0300. The fourth-order valence-electron chi connectivity index (χ4n) is 0.466. The molecule has 0 fully saturated rings. The molecule has 0 aromatic heterocycles. The van der Waals surface area contributed by atoms with Gasteiger partial charge in [0.1, 0.15) is 0 Å². The summed E-state index contributed by atoms with van der Waals surface area (Å²) in [5.41, 5.74) is 0. The Balaban J connectivity index is 3.71. The summed E-state index contributed by atoms with van der Waals surface area (Å²) in [7, 11) is 1.48. The average Bonchev–Trinajstić information content (AvgIpc) is 2.00. The number of hydrogen-bond acceptors (Lipinski definition) is 2. The molecule has 1 atom stereocenters. The van der Waals surface area contributed by atoms with E-state index in [1.54, 1.807) is 0 Å². The first-order valence-corrected chi connectivity index (χ1v) is 3.77. The second-order valence-corrected chi connectivity index (χ2v) is 2.84. The maximum atomic E-state index is 8.21. The molecule has 0 saturated carbocycles. The van der Waals surface area contributed by atoms with E-state index >= 15 is 0 Å². The van der Waals surface area contributed by atoms with Crippen LogP contribution in [0, 0.1) is 11.3 Å². The number of alkyl halides is 2. The van der Waals surface area contributed by atoms with Crippen LogP contribution in [-0.2, 0) is 4.74 Å². The van der Waals surface area contributed by atoms with Crippen molar-refractivity contribution in [3.8, 4) is 6.07 Å². The van der Waals surface area contributed by atoms with E-state index in [1.807, 2.05) is 6.07 Å². The van der Waals surface area contributed by atoms with Gasteiger partial charge in [0.25, 0.3) is 0 Å². The number of methoxy groups -OCH3 is 1. The lowest BCUT2D eigenvalue weighted by atomic mass is 10.2. The van der Waals surface area contributed by atoms with E-state index in [0.717, 1.165) is 0 Å². The van der Waals surface area contributed by atoms with Crippen LogP contribution in [0.15, 0.2) is 0 Å². The molecule has 2 nitrogen and oxygen atoms in total. The lowest BCUT2D eigenvalue weighted by molar-refractivity contribution is 0.0767. The molecule has 0 saturated heterocycles. The number of hydrogen-bond donors (Lipinski definition) is 0. The molecule has 0 N–H and O–H groups in total. The fraction of sp³-hybridized carbons (Fsp3) is 0.833. The highest BCUT2D eigenvalue weighted by Crippen LogP contribution is 2.23. The third kappa shape index (κ3) is 3.26. The molecule has 0 heterocycles. The first kappa shape index (κ1) is 10.0. The summed E-state index contributed by atoms with van der Waals surface area (Å²) in [5.74, 6) is 0.201. The SMILES string of the molecule is COC(Cl)(CCl)CCC#N. The first-order valence-electron chi connectivity index (χ1n) is 2.85. The predicted molar refractivity (Wildman–Crippen MR) is 41.2 cm³/mol. The van der Waals surface area contributed by atoms with Gasteiger partial charge in [-0.05, 0) is 0 Å². The number of halogens is 2. The van der Waals surface area contributed by atoms with Gasteiger partial charge in [-0.15, -0.1) is 11.6 Å². The zero-order valence-corrected chi connectivity index (χ0v) is 7.24. The van der Waals surface area contributed by atoms with Gasteiger partial charge >= 0.3 is 0 Å². The van der Waals surface area contributed by atoms with Crippen molar-refractivity contribution >= 4 is 23.2 Å². The van der Waals surface area contributed by atoms with E-state index in [1.165, 1.54) is 7.11 Å². The quantitative estimate of drug-likeness (QED) is 0.623. The highest BCUT2D eigenvalue weighted by molar-refractivity contribution is 6.29. The van der Waals surface area contributed by atoms with E-state index in [0.29, 0.717) is 12.8 Å². The average molecular weight is 182 g/mol. The molecule has 4 heteroatoms. The van der Waals surface area contributed by atoms with Crippen molar-refractivity contribution in [1.82, 2.24) is 0 Å². The van der Waals surface area contributed by atoms with Crippen LogP contribution in [0.1, 0.15) is 12.8 Å². The van der Waals surface area contributed by atoms with Gasteiger partial charge in [0, 0.05) is 20.0 Å². The van der Waals surface area contributed by atoms with Gasteiger partial charge in [0.2, 0.25) is 0 Å².